The molecular formula is C23H28N2O3S. The topological polar surface area (TPSA) is 83.1 Å². The van der Waals surface area contributed by atoms with E-state index in [4.69, 9.17) is 0 Å². The van der Waals surface area contributed by atoms with Crippen LogP contribution in [0.4, 0.5) is 0 Å². The second kappa shape index (κ2) is 7.92. The van der Waals surface area contributed by atoms with Crippen molar-refractivity contribution < 1.29 is 13.5 Å². The minimum absolute atomic E-state index is 0.343. The van der Waals surface area contributed by atoms with Crippen molar-refractivity contribution in [2.45, 2.75) is 55.9 Å². The monoisotopic (exact) mass is 412 g/mol. The van der Waals surface area contributed by atoms with Crippen LogP contribution < -0.4 is 0 Å². The molecule has 1 aliphatic carbocycles. The summed E-state index contributed by atoms with van der Waals surface area (Å²) in [7, 11) is -3.19. The average molecular weight is 413 g/mol. The van der Waals surface area contributed by atoms with Crippen LogP contribution in [0.3, 0.4) is 0 Å². The molecule has 2 heterocycles. The summed E-state index contributed by atoms with van der Waals surface area (Å²) in [6.07, 6.45) is 8.23. The standard InChI is InChI=1S/C23H28N2O3S/c1-15(26)19-11-18-12-20(25-23(18)24-14-19)13-22(16-5-3-4-6-16)17-7-9-21(10-8-17)29(2,27)28/h7-12,14-16,22,26H,3-6,13H2,1-2H3,(H,24,25). The van der Waals surface area contributed by atoms with Gasteiger partial charge in [0, 0.05) is 23.5 Å². The summed E-state index contributed by atoms with van der Waals surface area (Å²) in [5, 5.41) is 10.8. The summed E-state index contributed by atoms with van der Waals surface area (Å²) < 4.78 is 23.6. The van der Waals surface area contributed by atoms with Gasteiger partial charge in [-0.25, -0.2) is 13.4 Å². The number of aliphatic hydroxyl groups excluding tert-OH is 1. The van der Waals surface area contributed by atoms with E-state index in [2.05, 4.69) is 16.0 Å². The summed E-state index contributed by atoms with van der Waals surface area (Å²) >= 11 is 0. The maximum atomic E-state index is 11.8. The van der Waals surface area contributed by atoms with Crippen molar-refractivity contribution in [1.82, 2.24) is 9.97 Å². The van der Waals surface area contributed by atoms with Gasteiger partial charge in [0.25, 0.3) is 0 Å². The number of aromatic amines is 1. The first kappa shape index (κ1) is 20.1. The summed E-state index contributed by atoms with van der Waals surface area (Å²) in [4.78, 5) is 8.26. The number of aromatic nitrogens is 2. The molecule has 0 aliphatic heterocycles. The summed E-state index contributed by atoms with van der Waals surface area (Å²) in [6, 6.07) is 11.5. The molecule has 29 heavy (non-hydrogen) atoms. The molecule has 0 amide bonds. The lowest BCUT2D eigenvalue weighted by molar-refractivity contribution is 0.199. The van der Waals surface area contributed by atoms with E-state index in [1.54, 1.807) is 25.3 Å². The Morgan fingerprint density at radius 2 is 1.83 bits per heavy atom. The molecule has 0 bridgehead atoms. The lowest BCUT2D eigenvalue weighted by Crippen LogP contribution is -2.13. The van der Waals surface area contributed by atoms with Gasteiger partial charge in [-0.15, -0.1) is 0 Å². The van der Waals surface area contributed by atoms with Crippen molar-refractivity contribution in [3.63, 3.8) is 0 Å². The Hall–Kier alpha value is -2.18. The summed E-state index contributed by atoms with van der Waals surface area (Å²) in [6.45, 7) is 1.74. The molecule has 6 heteroatoms. The molecular weight excluding hydrogens is 384 g/mol. The average Bonchev–Trinajstić information content (AvgIpc) is 3.34. The minimum atomic E-state index is -3.19. The lowest BCUT2D eigenvalue weighted by atomic mass is 9.82. The van der Waals surface area contributed by atoms with Crippen LogP contribution in [0.2, 0.25) is 0 Å². The molecule has 1 aromatic carbocycles. The number of nitrogens with zero attached hydrogens (tertiary/aromatic N) is 1. The zero-order valence-corrected chi connectivity index (χ0v) is 17.7. The molecule has 1 fully saturated rings. The molecule has 0 radical (unpaired) electrons. The van der Waals surface area contributed by atoms with Gasteiger partial charge in [-0.3, -0.25) is 0 Å². The van der Waals surface area contributed by atoms with E-state index < -0.39 is 15.9 Å². The Morgan fingerprint density at radius 1 is 1.14 bits per heavy atom. The zero-order chi connectivity index (χ0) is 20.6. The molecule has 1 saturated carbocycles. The Balaban J connectivity index is 1.65. The third-order valence-electron chi connectivity index (χ3n) is 6.17. The molecule has 154 valence electrons. The minimum Gasteiger partial charge on any atom is -0.389 e. The number of hydrogen-bond donors (Lipinski definition) is 2. The number of fused-ring (bicyclic) bond motifs is 1. The fraction of sp³-hybridized carbons (Fsp3) is 0.435. The zero-order valence-electron chi connectivity index (χ0n) is 16.9. The fourth-order valence-corrected chi connectivity index (χ4v) is 5.17. The maximum absolute atomic E-state index is 11.8. The number of sulfone groups is 1. The number of H-pyrrole nitrogens is 1. The predicted octanol–water partition coefficient (Wildman–Crippen LogP) is 4.54. The van der Waals surface area contributed by atoms with E-state index in [-0.39, 0.29) is 0 Å². The molecule has 2 aromatic heterocycles. The van der Waals surface area contributed by atoms with Crippen molar-refractivity contribution in [2.75, 3.05) is 6.26 Å². The van der Waals surface area contributed by atoms with Gasteiger partial charge in [-0.2, -0.15) is 0 Å². The highest BCUT2D eigenvalue weighted by Gasteiger charge is 2.27. The van der Waals surface area contributed by atoms with Crippen molar-refractivity contribution in [3.8, 4) is 0 Å². The molecule has 2 N–H and O–H groups in total. The molecule has 2 atom stereocenters. The van der Waals surface area contributed by atoms with Crippen molar-refractivity contribution >= 4 is 20.9 Å². The Labute approximate surface area is 172 Å². The van der Waals surface area contributed by atoms with Crippen molar-refractivity contribution in [2.24, 2.45) is 5.92 Å². The number of nitrogens with one attached hydrogen (secondary N) is 1. The lowest BCUT2D eigenvalue weighted by Gasteiger charge is -2.24. The van der Waals surface area contributed by atoms with Gasteiger partial charge in [0.05, 0.1) is 11.0 Å². The highest BCUT2D eigenvalue weighted by atomic mass is 32.2. The third kappa shape index (κ3) is 4.38. The number of benzene rings is 1. The Bertz CT molecular complexity index is 1090. The largest absolute Gasteiger partial charge is 0.389 e. The van der Waals surface area contributed by atoms with Gasteiger partial charge < -0.3 is 10.1 Å². The maximum Gasteiger partial charge on any atom is 0.175 e. The first-order chi connectivity index (χ1) is 13.8. The van der Waals surface area contributed by atoms with E-state index in [1.165, 1.54) is 37.5 Å². The molecule has 3 aromatic rings. The SMILES string of the molecule is CC(O)c1cnc2[nH]c(CC(c3ccc(S(C)(=O)=O)cc3)C3CCCC3)cc2c1. The second-order valence-corrected chi connectivity index (χ2v) is 10.4. The normalized spacial score (nSPS) is 17.6. The van der Waals surface area contributed by atoms with E-state index in [1.807, 2.05) is 18.2 Å². The van der Waals surface area contributed by atoms with Gasteiger partial charge in [0.2, 0.25) is 0 Å². The fourth-order valence-electron chi connectivity index (χ4n) is 4.54. The number of pyridine rings is 1. The van der Waals surface area contributed by atoms with Crippen LogP contribution in [0.5, 0.6) is 0 Å². The van der Waals surface area contributed by atoms with E-state index in [0.29, 0.717) is 16.7 Å². The van der Waals surface area contributed by atoms with Crippen molar-refractivity contribution in [1.29, 1.82) is 0 Å². The summed E-state index contributed by atoms with van der Waals surface area (Å²) in [5.41, 5.74) is 3.97. The number of aliphatic hydroxyl groups is 1. The molecule has 2 unspecified atom stereocenters. The van der Waals surface area contributed by atoms with Crippen LogP contribution in [0, 0.1) is 5.92 Å². The van der Waals surface area contributed by atoms with Crippen LogP contribution in [0.15, 0.2) is 47.5 Å². The molecule has 4 rings (SSSR count). The Morgan fingerprint density at radius 3 is 2.45 bits per heavy atom. The summed E-state index contributed by atoms with van der Waals surface area (Å²) in [5.74, 6) is 0.946. The van der Waals surface area contributed by atoms with Gasteiger partial charge >= 0.3 is 0 Å². The molecule has 0 spiro atoms. The van der Waals surface area contributed by atoms with Gasteiger partial charge in [-0.1, -0.05) is 25.0 Å². The van der Waals surface area contributed by atoms with Crippen LogP contribution in [-0.4, -0.2) is 29.7 Å². The number of rotatable bonds is 6. The first-order valence-electron chi connectivity index (χ1n) is 10.3. The van der Waals surface area contributed by atoms with E-state index in [9.17, 15) is 13.5 Å². The number of hydrogen-bond acceptors (Lipinski definition) is 4. The third-order valence-corrected chi connectivity index (χ3v) is 7.30. The van der Waals surface area contributed by atoms with E-state index in [0.717, 1.165) is 28.7 Å². The highest BCUT2D eigenvalue weighted by Crippen LogP contribution is 2.39. The molecule has 1 aliphatic rings. The molecule has 0 saturated heterocycles. The quantitative estimate of drug-likeness (QED) is 0.623. The van der Waals surface area contributed by atoms with Crippen LogP contribution in [-0.2, 0) is 16.3 Å². The predicted molar refractivity (Wildman–Crippen MR) is 115 cm³/mol. The first-order valence-corrected chi connectivity index (χ1v) is 12.2. The van der Waals surface area contributed by atoms with Gasteiger partial charge in [0.15, 0.2) is 9.84 Å². The van der Waals surface area contributed by atoms with Gasteiger partial charge in [-0.05, 0) is 73.4 Å². The molecule has 5 nitrogen and oxygen atoms in total. The van der Waals surface area contributed by atoms with Crippen LogP contribution in [0.25, 0.3) is 11.0 Å². The van der Waals surface area contributed by atoms with Crippen LogP contribution >= 0.6 is 0 Å². The van der Waals surface area contributed by atoms with Crippen LogP contribution in [0.1, 0.15) is 61.4 Å². The van der Waals surface area contributed by atoms with E-state index >= 15 is 0 Å². The highest BCUT2D eigenvalue weighted by molar-refractivity contribution is 7.90. The second-order valence-electron chi connectivity index (χ2n) is 8.37. The smallest absolute Gasteiger partial charge is 0.175 e. The Kier molecular flexibility index (Phi) is 5.49. The van der Waals surface area contributed by atoms with Gasteiger partial charge in [0.1, 0.15) is 5.65 Å². The van der Waals surface area contributed by atoms with Crippen molar-refractivity contribution in [3.05, 3.63) is 59.4 Å².